The number of anilines is 1. The van der Waals surface area contributed by atoms with Crippen molar-refractivity contribution in [1.29, 1.82) is 0 Å². The summed E-state index contributed by atoms with van der Waals surface area (Å²) >= 11 is 0. The molecule has 1 rings (SSSR count). The molecule has 1 atom stereocenters. The Bertz CT molecular complexity index is 299. The molecule has 0 aliphatic carbocycles. The number of para-hydroxylation sites is 2. The van der Waals surface area contributed by atoms with Gasteiger partial charge < -0.3 is 15.4 Å². The second kappa shape index (κ2) is 5.61. The molecule has 0 bridgehead atoms. The van der Waals surface area contributed by atoms with Crippen molar-refractivity contribution in [3.8, 4) is 5.75 Å². The van der Waals surface area contributed by atoms with Crippen molar-refractivity contribution in [2.45, 2.75) is 19.4 Å². The lowest BCUT2D eigenvalue weighted by Gasteiger charge is -2.19. The van der Waals surface area contributed by atoms with Gasteiger partial charge in [0, 0.05) is 6.04 Å². The molecule has 0 amide bonds. The summed E-state index contributed by atoms with van der Waals surface area (Å²) in [6, 6.07) is 8.11. The van der Waals surface area contributed by atoms with Crippen LogP contribution in [0.5, 0.6) is 5.75 Å². The number of hydrogen-bond acceptors (Lipinski definition) is 3. The van der Waals surface area contributed by atoms with Crippen LogP contribution in [-0.2, 0) is 0 Å². The summed E-state index contributed by atoms with van der Waals surface area (Å²) in [5.74, 6) is 0.781. The lowest BCUT2D eigenvalue weighted by Crippen LogP contribution is -2.26. The Hall–Kier alpha value is -1.22. The Kier molecular flexibility index (Phi) is 4.43. The summed E-state index contributed by atoms with van der Waals surface area (Å²) in [5.41, 5.74) is 6.47. The maximum atomic E-state index is 5.76. The van der Waals surface area contributed by atoms with Gasteiger partial charge in [0.05, 0.1) is 12.3 Å². The van der Waals surface area contributed by atoms with E-state index in [1.807, 2.05) is 24.3 Å². The molecule has 15 heavy (non-hydrogen) atoms. The van der Waals surface area contributed by atoms with Crippen LogP contribution in [0, 0.1) is 0 Å². The summed E-state index contributed by atoms with van der Waals surface area (Å²) in [6.45, 7) is 2.88. The fraction of sp³-hybridized carbons (Fsp3) is 0.500. The Labute approximate surface area is 91.8 Å². The molecule has 0 fully saturated rings. The summed E-state index contributed by atoms with van der Waals surface area (Å²) in [5, 5.41) is 0. The highest BCUT2D eigenvalue weighted by Crippen LogP contribution is 2.19. The van der Waals surface area contributed by atoms with Crippen molar-refractivity contribution in [1.82, 2.24) is 4.90 Å². The van der Waals surface area contributed by atoms with E-state index >= 15 is 0 Å². The summed E-state index contributed by atoms with van der Waals surface area (Å²) in [4.78, 5) is 2.18. The van der Waals surface area contributed by atoms with E-state index < -0.39 is 0 Å². The number of hydrogen-bond donors (Lipinski definition) is 1. The number of ether oxygens (including phenoxy) is 1. The van der Waals surface area contributed by atoms with Crippen molar-refractivity contribution >= 4 is 5.69 Å². The Morgan fingerprint density at radius 3 is 2.60 bits per heavy atom. The first-order valence-electron chi connectivity index (χ1n) is 5.25. The molecule has 0 aliphatic heterocycles. The van der Waals surface area contributed by atoms with Crippen LogP contribution in [0.4, 0.5) is 5.69 Å². The van der Waals surface area contributed by atoms with Gasteiger partial charge in [-0.2, -0.15) is 0 Å². The molecule has 1 aromatic rings. The normalized spacial score (nSPS) is 12.8. The second-order valence-corrected chi connectivity index (χ2v) is 3.99. The van der Waals surface area contributed by atoms with E-state index in [1.165, 1.54) is 0 Å². The molecule has 1 aromatic carbocycles. The maximum Gasteiger partial charge on any atom is 0.142 e. The van der Waals surface area contributed by atoms with Crippen molar-refractivity contribution in [2.24, 2.45) is 0 Å². The molecule has 0 aliphatic rings. The van der Waals surface area contributed by atoms with Crippen molar-refractivity contribution < 1.29 is 4.74 Å². The fourth-order valence-corrected chi connectivity index (χ4v) is 1.21. The van der Waals surface area contributed by atoms with Crippen LogP contribution >= 0.6 is 0 Å². The van der Waals surface area contributed by atoms with Crippen LogP contribution in [0.1, 0.15) is 13.3 Å². The topological polar surface area (TPSA) is 38.5 Å². The third-order valence-electron chi connectivity index (χ3n) is 2.59. The first kappa shape index (κ1) is 11.9. The fourth-order valence-electron chi connectivity index (χ4n) is 1.21. The van der Waals surface area contributed by atoms with Crippen LogP contribution in [0.2, 0.25) is 0 Å². The number of nitrogens with zero attached hydrogens (tertiary/aromatic N) is 1. The van der Waals surface area contributed by atoms with Gasteiger partial charge >= 0.3 is 0 Å². The predicted molar refractivity (Wildman–Crippen MR) is 64.1 cm³/mol. The standard InChI is InChI=1S/C12H20N2O/c1-10(14(2)3)8-9-15-12-7-5-4-6-11(12)13/h4-7,10H,8-9,13H2,1-3H3. The number of benzene rings is 1. The number of nitrogen functional groups attached to an aromatic ring is 1. The minimum atomic E-state index is 0.523. The van der Waals surface area contributed by atoms with Crippen LogP contribution < -0.4 is 10.5 Å². The van der Waals surface area contributed by atoms with Crippen LogP contribution in [0.3, 0.4) is 0 Å². The molecule has 0 saturated heterocycles. The molecule has 3 nitrogen and oxygen atoms in total. The number of nitrogens with two attached hydrogens (primary N) is 1. The molecule has 2 N–H and O–H groups in total. The van der Waals surface area contributed by atoms with Gasteiger partial charge in [-0.1, -0.05) is 12.1 Å². The molecule has 1 unspecified atom stereocenters. The Morgan fingerprint density at radius 2 is 2.00 bits per heavy atom. The molecule has 0 radical (unpaired) electrons. The highest BCUT2D eigenvalue weighted by molar-refractivity contribution is 5.51. The molecule has 0 saturated carbocycles. The number of rotatable bonds is 5. The average Bonchev–Trinajstić information content (AvgIpc) is 2.20. The van der Waals surface area contributed by atoms with E-state index in [4.69, 9.17) is 10.5 Å². The van der Waals surface area contributed by atoms with Gasteiger partial charge in [-0.15, -0.1) is 0 Å². The quantitative estimate of drug-likeness (QED) is 0.752. The van der Waals surface area contributed by atoms with Gasteiger partial charge in [-0.25, -0.2) is 0 Å². The second-order valence-electron chi connectivity index (χ2n) is 3.99. The third kappa shape index (κ3) is 3.80. The smallest absolute Gasteiger partial charge is 0.142 e. The van der Waals surface area contributed by atoms with Crippen LogP contribution in [0.25, 0.3) is 0 Å². The zero-order valence-electron chi connectivity index (χ0n) is 9.73. The highest BCUT2D eigenvalue weighted by atomic mass is 16.5. The van der Waals surface area contributed by atoms with E-state index in [-0.39, 0.29) is 0 Å². The van der Waals surface area contributed by atoms with E-state index in [2.05, 4.69) is 25.9 Å². The van der Waals surface area contributed by atoms with Crippen molar-refractivity contribution in [3.63, 3.8) is 0 Å². The van der Waals surface area contributed by atoms with Crippen LogP contribution in [0.15, 0.2) is 24.3 Å². The zero-order chi connectivity index (χ0) is 11.3. The maximum absolute atomic E-state index is 5.76. The minimum Gasteiger partial charge on any atom is -0.491 e. The van der Waals surface area contributed by atoms with Crippen molar-refractivity contribution in [2.75, 3.05) is 26.4 Å². The Balaban J connectivity index is 2.35. The minimum absolute atomic E-state index is 0.523. The van der Waals surface area contributed by atoms with Gasteiger partial charge in [0.25, 0.3) is 0 Å². The van der Waals surface area contributed by atoms with E-state index in [1.54, 1.807) is 0 Å². The van der Waals surface area contributed by atoms with Crippen molar-refractivity contribution in [3.05, 3.63) is 24.3 Å². The summed E-state index contributed by atoms with van der Waals surface area (Å²) in [6.07, 6.45) is 1.00. The zero-order valence-corrected chi connectivity index (χ0v) is 9.73. The van der Waals surface area contributed by atoms with Gasteiger partial charge in [0.1, 0.15) is 5.75 Å². The molecular weight excluding hydrogens is 188 g/mol. The lowest BCUT2D eigenvalue weighted by atomic mass is 10.2. The summed E-state index contributed by atoms with van der Waals surface area (Å²) < 4.78 is 5.61. The molecule has 0 spiro atoms. The monoisotopic (exact) mass is 208 g/mol. The van der Waals surface area contributed by atoms with Crippen LogP contribution in [-0.4, -0.2) is 31.6 Å². The molecule has 84 valence electrons. The van der Waals surface area contributed by atoms with Gasteiger partial charge in [-0.3, -0.25) is 0 Å². The first-order chi connectivity index (χ1) is 7.11. The molecule has 0 heterocycles. The highest BCUT2D eigenvalue weighted by Gasteiger charge is 2.05. The first-order valence-corrected chi connectivity index (χ1v) is 5.25. The van der Waals surface area contributed by atoms with E-state index in [0.29, 0.717) is 18.3 Å². The molecular formula is C12H20N2O. The average molecular weight is 208 g/mol. The van der Waals surface area contributed by atoms with E-state index in [9.17, 15) is 0 Å². The lowest BCUT2D eigenvalue weighted by molar-refractivity contribution is 0.234. The third-order valence-corrected chi connectivity index (χ3v) is 2.59. The van der Waals surface area contributed by atoms with Gasteiger partial charge in [0.2, 0.25) is 0 Å². The Morgan fingerprint density at radius 1 is 1.33 bits per heavy atom. The SMILES string of the molecule is CC(CCOc1ccccc1N)N(C)C. The van der Waals surface area contributed by atoms with Gasteiger partial charge in [0.15, 0.2) is 0 Å². The van der Waals surface area contributed by atoms with Gasteiger partial charge in [-0.05, 0) is 39.6 Å². The molecule has 0 aromatic heterocycles. The van der Waals surface area contributed by atoms with E-state index in [0.717, 1.165) is 12.2 Å². The molecule has 3 heteroatoms. The largest absolute Gasteiger partial charge is 0.491 e. The predicted octanol–water partition coefficient (Wildman–Crippen LogP) is 1.99. The summed E-state index contributed by atoms with van der Waals surface area (Å²) in [7, 11) is 4.14.